The lowest BCUT2D eigenvalue weighted by Crippen LogP contribution is -1.94. The Labute approximate surface area is 140 Å². The van der Waals surface area contributed by atoms with Gasteiger partial charge >= 0.3 is 0 Å². The Kier molecular flexibility index (Phi) is 6.71. The third-order valence-corrected chi connectivity index (χ3v) is 2.89. The maximum Gasteiger partial charge on any atom is 0.280 e. The van der Waals surface area contributed by atoms with Crippen molar-refractivity contribution >= 4 is 23.9 Å². The van der Waals surface area contributed by atoms with E-state index in [9.17, 15) is 29.8 Å². The second-order valence-corrected chi connectivity index (χ2v) is 4.42. The first-order valence-electron chi connectivity index (χ1n) is 6.54. The molecule has 0 atom stereocenters. The molecule has 2 rings (SSSR count). The molecule has 130 valence electrons. The number of rotatable bonds is 5. The predicted octanol–water partition coefficient (Wildman–Crippen LogP) is 2.53. The first-order valence-corrected chi connectivity index (χ1v) is 6.54. The van der Waals surface area contributed by atoms with Crippen LogP contribution in [0.15, 0.2) is 36.4 Å². The topological polar surface area (TPSA) is 150 Å². The Morgan fingerprint density at radius 3 is 1.84 bits per heavy atom. The van der Waals surface area contributed by atoms with Crippen LogP contribution in [0.25, 0.3) is 0 Å². The smallest absolute Gasteiger partial charge is 0.280 e. The Balaban J connectivity index is 0.000000251. The van der Waals surface area contributed by atoms with Crippen LogP contribution >= 0.6 is 0 Å². The van der Waals surface area contributed by atoms with Crippen molar-refractivity contribution in [3.8, 4) is 11.5 Å². The van der Waals surface area contributed by atoms with Crippen molar-refractivity contribution in [3.63, 3.8) is 0 Å². The minimum Gasteiger partial charge on any atom is -0.508 e. The zero-order valence-corrected chi connectivity index (χ0v) is 12.8. The molecule has 0 unspecified atom stereocenters. The lowest BCUT2D eigenvalue weighted by atomic mass is 10.2. The molecule has 25 heavy (non-hydrogen) atoms. The van der Waals surface area contributed by atoms with Crippen molar-refractivity contribution in [2.75, 3.05) is 7.11 Å². The van der Waals surface area contributed by atoms with E-state index in [1.54, 1.807) is 0 Å². The fourth-order valence-electron chi connectivity index (χ4n) is 1.72. The van der Waals surface area contributed by atoms with Crippen LogP contribution < -0.4 is 4.74 Å². The molecule has 2 aromatic carbocycles. The molecule has 10 heteroatoms. The van der Waals surface area contributed by atoms with Crippen LogP contribution in [0.3, 0.4) is 0 Å². The molecule has 0 saturated heterocycles. The van der Waals surface area contributed by atoms with E-state index in [2.05, 4.69) is 0 Å². The molecule has 1 N–H and O–H groups in total. The highest BCUT2D eigenvalue weighted by atomic mass is 16.6. The number of carbonyl (C=O) groups excluding carboxylic acids is 2. The Morgan fingerprint density at radius 2 is 1.40 bits per heavy atom. The highest BCUT2D eigenvalue weighted by molar-refractivity contribution is 5.82. The van der Waals surface area contributed by atoms with Gasteiger partial charge in [-0.2, -0.15) is 0 Å². The van der Waals surface area contributed by atoms with Crippen LogP contribution in [-0.4, -0.2) is 34.6 Å². The van der Waals surface area contributed by atoms with Crippen LogP contribution in [0, 0.1) is 20.2 Å². The minimum absolute atomic E-state index is 0.0179. The van der Waals surface area contributed by atoms with Gasteiger partial charge in [0.05, 0.1) is 28.1 Å². The second kappa shape index (κ2) is 8.72. The number of phenolic OH excluding ortho intramolecular Hbond substituents is 1. The number of nitro groups is 2. The molecular weight excluding hydrogens is 336 g/mol. The number of nitro benzene ring substituents is 2. The van der Waals surface area contributed by atoms with Gasteiger partial charge in [0.1, 0.15) is 11.5 Å². The number of nitrogens with zero attached hydrogens (tertiary/aromatic N) is 2. The zero-order chi connectivity index (χ0) is 19.0. The van der Waals surface area contributed by atoms with Crippen molar-refractivity contribution in [1.29, 1.82) is 0 Å². The summed E-state index contributed by atoms with van der Waals surface area (Å²) in [6, 6.07) is 7.29. The molecule has 0 saturated carbocycles. The molecule has 10 nitrogen and oxygen atoms in total. The summed E-state index contributed by atoms with van der Waals surface area (Å²) in [5.41, 5.74) is -0.622. The summed E-state index contributed by atoms with van der Waals surface area (Å²) in [7, 11) is 1.43. The summed E-state index contributed by atoms with van der Waals surface area (Å²) < 4.78 is 4.81. The molecule has 0 fully saturated rings. The molecule has 0 amide bonds. The molecule has 0 aliphatic heterocycles. The molecule has 2 aromatic rings. The molecule has 0 bridgehead atoms. The Morgan fingerprint density at radius 1 is 0.920 bits per heavy atom. The number of ether oxygens (including phenoxy) is 1. The average molecular weight is 348 g/mol. The Hall–Kier alpha value is -3.82. The summed E-state index contributed by atoms with van der Waals surface area (Å²) in [6.07, 6.45) is 0.762. The SMILES string of the molecule is COc1ccc([N+](=O)[O-])c(C=O)c1.O=Cc1cc(O)ccc1[N+](=O)[O-]. The lowest BCUT2D eigenvalue weighted by Gasteiger charge is -1.99. The first kappa shape index (κ1) is 19.2. The van der Waals surface area contributed by atoms with Gasteiger partial charge < -0.3 is 9.84 Å². The molecule has 0 heterocycles. The summed E-state index contributed by atoms with van der Waals surface area (Å²) in [6.45, 7) is 0. The van der Waals surface area contributed by atoms with Crippen LogP contribution in [0.4, 0.5) is 11.4 Å². The first-order chi connectivity index (χ1) is 11.8. The minimum atomic E-state index is -0.677. The number of carbonyl (C=O) groups is 2. The second-order valence-electron chi connectivity index (χ2n) is 4.42. The fraction of sp³-hybridized carbons (Fsp3) is 0.0667. The van der Waals surface area contributed by atoms with Crippen LogP contribution in [0.2, 0.25) is 0 Å². The van der Waals surface area contributed by atoms with Gasteiger partial charge in [-0.25, -0.2) is 0 Å². The summed E-state index contributed by atoms with van der Waals surface area (Å²) >= 11 is 0. The standard InChI is InChI=1S/C8H7NO4.C7H5NO4/c1-13-7-2-3-8(9(11)12)6(4-7)5-10;9-4-5-3-6(10)1-2-7(5)8(11)12/h2-5H,1H3;1-4,10H. The predicted molar refractivity (Wildman–Crippen MR) is 85.2 cm³/mol. The van der Waals surface area contributed by atoms with Gasteiger partial charge in [0, 0.05) is 12.1 Å². The van der Waals surface area contributed by atoms with E-state index >= 15 is 0 Å². The summed E-state index contributed by atoms with van der Waals surface area (Å²) in [5.74, 6) is 0.260. The third kappa shape index (κ3) is 5.10. The number of benzene rings is 2. The van der Waals surface area contributed by atoms with E-state index in [4.69, 9.17) is 9.84 Å². The number of methoxy groups -OCH3 is 1. The van der Waals surface area contributed by atoms with Gasteiger partial charge in [0.2, 0.25) is 0 Å². The van der Waals surface area contributed by atoms with E-state index in [1.807, 2.05) is 0 Å². The summed E-state index contributed by atoms with van der Waals surface area (Å²) in [4.78, 5) is 40.1. The Bertz CT molecular complexity index is 819. The fourth-order valence-corrected chi connectivity index (χ4v) is 1.72. The van der Waals surface area contributed by atoms with Gasteiger partial charge in [0.15, 0.2) is 12.6 Å². The van der Waals surface area contributed by atoms with Crippen molar-refractivity contribution in [2.45, 2.75) is 0 Å². The van der Waals surface area contributed by atoms with E-state index in [0.717, 1.165) is 18.2 Å². The van der Waals surface area contributed by atoms with Crippen molar-refractivity contribution < 1.29 is 29.3 Å². The molecule has 0 aliphatic carbocycles. The number of hydrogen-bond acceptors (Lipinski definition) is 8. The maximum atomic E-state index is 10.4. The maximum absolute atomic E-state index is 10.4. The van der Waals surface area contributed by atoms with Gasteiger partial charge in [-0.05, 0) is 24.3 Å². The third-order valence-electron chi connectivity index (χ3n) is 2.89. The van der Waals surface area contributed by atoms with Gasteiger partial charge in [0.25, 0.3) is 11.4 Å². The molecule has 0 aromatic heterocycles. The van der Waals surface area contributed by atoms with E-state index in [-0.39, 0.29) is 28.3 Å². The lowest BCUT2D eigenvalue weighted by molar-refractivity contribution is -0.385. The van der Waals surface area contributed by atoms with Crippen molar-refractivity contribution in [1.82, 2.24) is 0 Å². The molecule has 0 aliphatic rings. The number of hydrogen-bond donors (Lipinski definition) is 1. The van der Waals surface area contributed by atoms with Gasteiger partial charge in [-0.15, -0.1) is 0 Å². The number of phenols is 1. The largest absolute Gasteiger partial charge is 0.508 e. The zero-order valence-electron chi connectivity index (χ0n) is 12.8. The molecule has 0 radical (unpaired) electrons. The van der Waals surface area contributed by atoms with Gasteiger partial charge in [-0.1, -0.05) is 0 Å². The number of aldehydes is 2. The van der Waals surface area contributed by atoms with E-state index < -0.39 is 9.85 Å². The van der Waals surface area contributed by atoms with Crippen LogP contribution in [0.5, 0.6) is 11.5 Å². The summed E-state index contributed by atoms with van der Waals surface area (Å²) in [5, 5.41) is 29.5. The average Bonchev–Trinajstić information content (AvgIpc) is 2.60. The molecular formula is C15H12N2O8. The van der Waals surface area contributed by atoms with Crippen LogP contribution in [-0.2, 0) is 0 Å². The normalized spacial score (nSPS) is 9.32. The van der Waals surface area contributed by atoms with E-state index in [1.165, 1.54) is 25.3 Å². The molecule has 0 spiro atoms. The van der Waals surface area contributed by atoms with Crippen LogP contribution in [0.1, 0.15) is 20.7 Å². The van der Waals surface area contributed by atoms with E-state index in [0.29, 0.717) is 18.3 Å². The number of aromatic hydroxyl groups is 1. The quantitative estimate of drug-likeness (QED) is 0.492. The monoisotopic (exact) mass is 348 g/mol. The van der Waals surface area contributed by atoms with Crippen molar-refractivity contribution in [2.24, 2.45) is 0 Å². The highest BCUT2D eigenvalue weighted by Gasteiger charge is 2.13. The van der Waals surface area contributed by atoms with Crippen molar-refractivity contribution in [3.05, 3.63) is 67.8 Å². The highest BCUT2D eigenvalue weighted by Crippen LogP contribution is 2.22. The van der Waals surface area contributed by atoms with Gasteiger partial charge in [-0.3, -0.25) is 29.8 Å².